The number of ether oxygens (including phenoxy) is 4. The van der Waals surface area contributed by atoms with Crippen LogP contribution in [0.5, 0.6) is 28.7 Å². The van der Waals surface area contributed by atoms with Gasteiger partial charge in [0.2, 0.25) is 5.75 Å². The van der Waals surface area contributed by atoms with Crippen molar-refractivity contribution in [2.75, 3.05) is 21.3 Å². The Morgan fingerprint density at radius 1 is 0.903 bits per heavy atom. The molecular formula is C25H24O6. The van der Waals surface area contributed by atoms with E-state index in [9.17, 15) is 9.90 Å². The molecule has 6 heteroatoms. The molecule has 3 rings (SSSR count). The van der Waals surface area contributed by atoms with Gasteiger partial charge in [-0.15, -0.1) is 0 Å². The van der Waals surface area contributed by atoms with E-state index in [2.05, 4.69) is 0 Å². The summed E-state index contributed by atoms with van der Waals surface area (Å²) >= 11 is 0. The van der Waals surface area contributed by atoms with Crippen LogP contribution >= 0.6 is 0 Å². The molecule has 31 heavy (non-hydrogen) atoms. The molecule has 0 saturated heterocycles. The fourth-order valence-corrected chi connectivity index (χ4v) is 3.05. The maximum absolute atomic E-state index is 12.8. The highest BCUT2D eigenvalue weighted by molar-refractivity contribution is 6.11. The molecule has 0 spiro atoms. The third-order valence-corrected chi connectivity index (χ3v) is 4.61. The predicted molar refractivity (Wildman–Crippen MR) is 118 cm³/mol. The third-order valence-electron chi connectivity index (χ3n) is 4.61. The molecule has 160 valence electrons. The molecule has 0 fully saturated rings. The number of ketones is 1. The highest BCUT2D eigenvalue weighted by atomic mass is 16.5. The number of methoxy groups -OCH3 is 3. The Morgan fingerprint density at radius 2 is 1.58 bits per heavy atom. The van der Waals surface area contributed by atoms with Crippen molar-refractivity contribution < 1.29 is 28.8 Å². The average molecular weight is 420 g/mol. The van der Waals surface area contributed by atoms with Crippen LogP contribution in [-0.4, -0.2) is 32.2 Å². The van der Waals surface area contributed by atoms with Crippen LogP contribution in [0.4, 0.5) is 0 Å². The number of hydrogen-bond acceptors (Lipinski definition) is 6. The number of carbonyl (C=O) groups excluding carboxylic acids is 1. The summed E-state index contributed by atoms with van der Waals surface area (Å²) in [5, 5.41) is 10.3. The minimum Gasteiger partial charge on any atom is -0.507 e. The molecule has 0 aliphatic carbocycles. The van der Waals surface area contributed by atoms with Gasteiger partial charge in [-0.25, -0.2) is 0 Å². The van der Waals surface area contributed by atoms with Crippen LogP contribution in [0.1, 0.15) is 21.5 Å². The van der Waals surface area contributed by atoms with Crippen molar-refractivity contribution in [3.63, 3.8) is 0 Å². The molecule has 0 aliphatic rings. The van der Waals surface area contributed by atoms with Crippen LogP contribution in [0.2, 0.25) is 0 Å². The third kappa shape index (κ3) is 5.17. The Bertz CT molecular complexity index is 1060. The van der Waals surface area contributed by atoms with Crippen molar-refractivity contribution in [2.24, 2.45) is 0 Å². The molecule has 0 aromatic heterocycles. The van der Waals surface area contributed by atoms with Crippen molar-refractivity contribution >= 4 is 11.9 Å². The number of allylic oxidation sites excluding steroid dienone is 1. The zero-order valence-electron chi connectivity index (χ0n) is 17.6. The second-order valence-corrected chi connectivity index (χ2v) is 6.58. The smallest absolute Gasteiger partial charge is 0.204 e. The van der Waals surface area contributed by atoms with Crippen molar-refractivity contribution in [2.45, 2.75) is 6.61 Å². The van der Waals surface area contributed by atoms with Gasteiger partial charge < -0.3 is 24.1 Å². The second-order valence-electron chi connectivity index (χ2n) is 6.58. The summed E-state index contributed by atoms with van der Waals surface area (Å²) in [7, 11) is 4.26. The Morgan fingerprint density at radius 3 is 2.19 bits per heavy atom. The fourth-order valence-electron chi connectivity index (χ4n) is 3.05. The summed E-state index contributed by atoms with van der Waals surface area (Å²) in [6.45, 7) is 0.479. The highest BCUT2D eigenvalue weighted by Crippen LogP contribution is 2.44. The van der Waals surface area contributed by atoms with Crippen molar-refractivity contribution in [1.29, 1.82) is 0 Å². The molecule has 3 aromatic carbocycles. The Hall–Kier alpha value is -3.93. The Kier molecular flexibility index (Phi) is 7.17. The van der Waals surface area contributed by atoms with Crippen molar-refractivity contribution in [3.05, 3.63) is 83.4 Å². The summed E-state index contributed by atoms with van der Waals surface area (Å²) in [5.74, 6) is 0.654. The molecule has 0 atom stereocenters. The lowest BCUT2D eigenvalue weighted by Gasteiger charge is -2.15. The van der Waals surface area contributed by atoms with Gasteiger partial charge in [0.1, 0.15) is 23.7 Å². The predicted octanol–water partition coefficient (Wildman–Crippen LogP) is 4.89. The van der Waals surface area contributed by atoms with Crippen LogP contribution < -0.4 is 18.9 Å². The lowest BCUT2D eigenvalue weighted by molar-refractivity contribution is 0.104. The highest BCUT2D eigenvalue weighted by Gasteiger charge is 2.24. The molecule has 0 unspecified atom stereocenters. The molecule has 0 saturated carbocycles. The monoisotopic (exact) mass is 420 g/mol. The van der Waals surface area contributed by atoms with Crippen LogP contribution in [0.25, 0.3) is 6.08 Å². The standard InChI is InChI=1S/C25H24O6/c1-28-22-15-21(27)23(25(30-3)24(22)29-2)20(26)14-11-17-9-12-19(13-10-17)31-16-18-7-5-4-6-8-18/h4-15,27H,16H2,1-3H3. The van der Waals surface area contributed by atoms with Gasteiger partial charge in [0.05, 0.1) is 21.3 Å². The fraction of sp³-hybridized carbons (Fsp3) is 0.160. The van der Waals surface area contributed by atoms with Gasteiger partial charge in [0.15, 0.2) is 17.3 Å². The molecule has 0 amide bonds. The Balaban J connectivity index is 1.74. The van der Waals surface area contributed by atoms with E-state index in [1.807, 2.05) is 54.6 Å². The maximum Gasteiger partial charge on any atom is 0.204 e. The van der Waals surface area contributed by atoms with E-state index in [0.717, 1.165) is 16.9 Å². The zero-order valence-corrected chi connectivity index (χ0v) is 17.6. The van der Waals surface area contributed by atoms with Crippen LogP contribution in [0.3, 0.4) is 0 Å². The van der Waals surface area contributed by atoms with Crippen LogP contribution in [0.15, 0.2) is 66.7 Å². The van der Waals surface area contributed by atoms with Gasteiger partial charge in [0.25, 0.3) is 0 Å². The van der Waals surface area contributed by atoms with Gasteiger partial charge in [-0.2, -0.15) is 0 Å². The zero-order chi connectivity index (χ0) is 22.2. The first-order valence-electron chi connectivity index (χ1n) is 9.58. The topological polar surface area (TPSA) is 74.2 Å². The van der Waals surface area contributed by atoms with Gasteiger partial charge in [0, 0.05) is 6.07 Å². The quantitative estimate of drug-likeness (QED) is 0.392. The molecule has 0 aliphatic heterocycles. The first-order valence-corrected chi connectivity index (χ1v) is 9.58. The largest absolute Gasteiger partial charge is 0.507 e. The van der Waals surface area contributed by atoms with E-state index in [0.29, 0.717) is 6.61 Å². The minimum atomic E-state index is -0.431. The number of benzene rings is 3. The van der Waals surface area contributed by atoms with Gasteiger partial charge in [-0.3, -0.25) is 4.79 Å². The molecule has 6 nitrogen and oxygen atoms in total. The number of carbonyl (C=O) groups is 1. The molecule has 3 aromatic rings. The summed E-state index contributed by atoms with van der Waals surface area (Å²) < 4.78 is 21.5. The molecule has 0 bridgehead atoms. The van der Waals surface area contributed by atoms with E-state index in [1.165, 1.54) is 33.5 Å². The number of phenolic OH excluding ortho intramolecular Hbond substituents is 1. The molecular weight excluding hydrogens is 396 g/mol. The van der Waals surface area contributed by atoms with E-state index in [-0.39, 0.29) is 28.6 Å². The SMILES string of the molecule is COc1cc(O)c(C(=O)C=Cc2ccc(OCc3ccccc3)cc2)c(OC)c1OC. The first-order chi connectivity index (χ1) is 15.1. The van der Waals surface area contributed by atoms with E-state index < -0.39 is 5.78 Å². The number of phenols is 1. The summed E-state index contributed by atoms with van der Waals surface area (Å²) in [5.41, 5.74) is 1.89. The number of hydrogen-bond donors (Lipinski definition) is 1. The van der Waals surface area contributed by atoms with Crippen molar-refractivity contribution in [3.8, 4) is 28.7 Å². The lowest BCUT2D eigenvalue weighted by atomic mass is 10.0. The van der Waals surface area contributed by atoms with E-state index >= 15 is 0 Å². The lowest BCUT2D eigenvalue weighted by Crippen LogP contribution is -2.03. The normalized spacial score (nSPS) is 10.7. The van der Waals surface area contributed by atoms with Crippen LogP contribution in [-0.2, 0) is 6.61 Å². The van der Waals surface area contributed by atoms with Gasteiger partial charge in [-0.05, 0) is 29.3 Å². The molecule has 0 radical (unpaired) electrons. The Labute approximate surface area is 181 Å². The summed E-state index contributed by atoms with van der Waals surface area (Å²) in [6, 6.07) is 18.6. The van der Waals surface area contributed by atoms with Gasteiger partial charge >= 0.3 is 0 Å². The average Bonchev–Trinajstić information content (AvgIpc) is 2.81. The van der Waals surface area contributed by atoms with Crippen LogP contribution in [0, 0.1) is 0 Å². The first kappa shape index (κ1) is 21.8. The minimum absolute atomic E-state index is 0.000727. The summed E-state index contributed by atoms with van der Waals surface area (Å²) in [4.78, 5) is 12.8. The van der Waals surface area contributed by atoms with E-state index in [4.69, 9.17) is 18.9 Å². The molecule has 1 N–H and O–H groups in total. The second kappa shape index (κ2) is 10.2. The summed E-state index contributed by atoms with van der Waals surface area (Å²) in [6.07, 6.45) is 3.02. The maximum atomic E-state index is 12.8. The van der Waals surface area contributed by atoms with Gasteiger partial charge in [-0.1, -0.05) is 48.5 Å². The van der Waals surface area contributed by atoms with Crippen molar-refractivity contribution in [1.82, 2.24) is 0 Å². The van der Waals surface area contributed by atoms with E-state index in [1.54, 1.807) is 6.08 Å². The number of aromatic hydroxyl groups is 1. The molecule has 0 heterocycles. The number of rotatable bonds is 9.